The first-order valence-electron chi connectivity index (χ1n) is 6.16. The first-order chi connectivity index (χ1) is 7.74. The molecule has 0 amide bonds. The lowest BCUT2D eigenvalue weighted by atomic mass is 10.2. The monoisotopic (exact) mass is 224 g/mol. The molecule has 3 nitrogen and oxygen atoms in total. The zero-order chi connectivity index (χ0) is 11.8. The summed E-state index contributed by atoms with van der Waals surface area (Å²) in [7, 11) is 2.15. The second-order valence-electron chi connectivity index (χ2n) is 4.34. The summed E-state index contributed by atoms with van der Waals surface area (Å²) in [5.74, 6) is 1.03. The van der Waals surface area contributed by atoms with Crippen LogP contribution in [0.15, 0.2) is 16.7 Å². The van der Waals surface area contributed by atoms with Crippen LogP contribution in [0.5, 0.6) is 0 Å². The van der Waals surface area contributed by atoms with E-state index < -0.39 is 0 Å². The Balaban J connectivity index is 2.11. The van der Waals surface area contributed by atoms with Crippen LogP contribution in [-0.4, -0.2) is 31.6 Å². The zero-order valence-corrected chi connectivity index (χ0v) is 10.8. The average Bonchev–Trinajstić information content (AvgIpc) is 2.64. The lowest BCUT2D eigenvalue weighted by Gasteiger charge is -2.16. The van der Waals surface area contributed by atoms with E-state index in [0.717, 1.165) is 31.9 Å². The van der Waals surface area contributed by atoms with Crippen molar-refractivity contribution in [3.8, 4) is 0 Å². The van der Waals surface area contributed by atoms with Gasteiger partial charge in [-0.25, -0.2) is 0 Å². The van der Waals surface area contributed by atoms with E-state index in [0.29, 0.717) is 0 Å². The average molecular weight is 224 g/mol. The molecule has 92 valence electrons. The molecular weight excluding hydrogens is 200 g/mol. The van der Waals surface area contributed by atoms with Crippen molar-refractivity contribution in [2.75, 3.05) is 26.7 Å². The van der Waals surface area contributed by atoms with Crippen molar-refractivity contribution in [3.05, 3.63) is 23.7 Å². The van der Waals surface area contributed by atoms with Gasteiger partial charge in [-0.05, 0) is 33.0 Å². The first kappa shape index (κ1) is 13.3. The Morgan fingerprint density at radius 3 is 2.81 bits per heavy atom. The van der Waals surface area contributed by atoms with E-state index in [4.69, 9.17) is 4.42 Å². The van der Waals surface area contributed by atoms with Gasteiger partial charge in [0.05, 0.1) is 6.26 Å². The maximum atomic E-state index is 5.28. The maximum absolute atomic E-state index is 5.28. The molecule has 0 atom stereocenters. The molecule has 0 aromatic carbocycles. The van der Waals surface area contributed by atoms with E-state index in [9.17, 15) is 0 Å². The summed E-state index contributed by atoms with van der Waals surface area (Å²) in [6.45, 7) is 8.48. The van der Waals surface area contributed by atoms with Gasteiger partial charge in [-0.15, -0.1) is 0 Å². The van der Waals surface area contributed by atoms with Crippen molar-refractivity contribution in [2.45, 2.75) is 33.2 Å². The highest BCUT2D eigenvalue weighted by Gasteiger charge is 2.04. The molecule has 0 spiro atoms. The Bertz CT molecular complexity index is 283. The van der Waals surface area contributed by atoms with E-state index in [-0.39, 0.29) is 0 Å². The normalized spacial score (nSPS) is 11.2. The quantitative estimate of drug-likeness (QED) is 0.687. The predicted octanol–water partition coefficient (Wildman–Crippen LogP) is 2.41. The van der Waals surface area contributed by atoms with Gasteiger partial charge in [0.2, 0.25) is 0 Å². The van der Waals surface area contributed by atoms with Crippen molar-refractivity contribution in [3.63, 3.8) is 0 Å². The van der Waals surface area contributed by atoms with Crippen LogP contribution < -0.4 is 5.32 Å². The second kappa shape index (κ2) is 7.47. The number of likely N-dealkylation sites (N-methyl/N-ethyl adjacent to an activating group) is 1. The van der Waals surface area contributed by atoms with Crippen molar-refractivity contribution >= 4 is 0 Å². The minimum atomic E-state index is 0.970. The highest BCUT2D eigenvalue weighted by Crippen LogP contribution is 2.10. The molecule has 0 aliphatic heterocycles. The third kappa shape index (κ3) is 4.81. The van der Waals surface area contributed by atoms with Gasteiger partial charge in [0, 0.05) is 25.2 Å². The SMILES string of the molecule is CCCCNCCN(C)Cc1ccoc1C. The molecule has 0 fully saturated rings. The summed E-state index contributed by atoms with van der Waals surface area (Å²) in [4.78, 5) is 2.32. The summed E-state index contributed by atoms with van der Waals surface area (Å²) in [6.07, 6.45) is 4.29. The topological polar surface area (TPSA) is 28.4 Å². The molecule has 0 radical (unpaired) electrons. The van der Waals surface area contributed by atoms with Crippen LogP contribution in [-0.2, 0) is 6.54 Å². The molecule has 0 aliphatic rings. The molecule has 1 aromatic rings. The lowest BCUT2D eigenvalue weighted by Crippen LogP contribution is -2.29. The Labute approximate surface area is 98.8 Å². The molecule has 0 aliphatic carbocycles. The Hall–Kier alpha value is -0.800. The van der Waals surface area contributed by atoms with E-state index in [1.165, 1.54) is 18.4 Å². The minimum Gasteiger partial charge on any atom is -0.469 e. The molecule has 0 bridgehead atoms. The highest BCUT2D eigenvalue weighted by atomic mass is 16.3. The number of hydrogen-bond acceptors (Lipinski definition) is 3. The third-order valence-electron chi connectivity index (χ3n) is 2.78. The fourth-order valence-corrected chi connectivity index (χ4v) is 1.64. The van der Waals surface area contributed by atoms with Gasteiger partial charge in [0.25, 0.3) is 0 Å². The summed E-state index contributed by atoms with van der Waals surface area (Å²) < 4.78 is 5.28. The van der Waals surface area contributed by atoms with Gasteiger partial charge in [-0.1, -0.05) is 13.3 Å². The molecule has 3 heteroatoms. The van der Waals surface area contributed by atoms with Crippen LogP contribution in [0.1, 0.15) is 31.1 Å². The van der Waals surface area contributed by atoms with E-state index in [1.54, 1.807) is 6.26 Å². The number of aryl methyl sites for hydroxylation is 1. The third-order valence-corrected chi connectivity index (χ3v) is 2.78. The fourth-order valence-electron chi connectivity index (χ4n) is 1.64. The van der Waals surface area contributed by atoms with Gasteiger partial charge in [-0.2, -0.15) is 0 Å². The summed E-state index contributed by atoms with van der Waals surface area (Å²) in [5, 5.41) is 3.45. The van der Waals surface area contributed by atoms with Crippen molar-refractivity contribution in [2.24, 2.45) is 0 Å². The van der Waals surface area contributed by atoms with Crippen molar-refractivity contribution in [1.29, 1.82) is 0 Å². The van der Waals surface area contributed by atoms with Crippen LogP contribution in [0, 0.1) is 6.92 Å². The van der Waals surface area contributed by atoms with Crippen LogP contribution in [0.3, 0.4) is 0 Å². The zero-order valence-electron chi connectivity index (χ0n) is 10.8. The van der Waals surface area contributed by atoms with Gasteiger partial charge < -0.3 is 14.6 Å². The van der Waals surface area contributed by atoms with Crippen molar-refractivity contribution < 1.29 is 4.42 Å². The van der Waals surface area contributed by atoms with Gasteiger partial charge in [-0.3, -0.25) is 0 Å². The van der Waals surface area contributed by atoms with Gasteiger partial charge in [0.15, 0.2) is 0 Å². The minimum absolute atomic E-state index is 0.970. The molecule has 1 N–H and O–H groups in total. The number of nitrogens with zero attached hydrogens (tertiary/aromatic N) is 1. The summed E-state index contributed by atoms with van der Waals surface area (Å²) in [6, 6.07) is 2.05. The summed E-state index contributed by atoms with van der Waals surface area (Å²) >= 11 is 0. The van der Waals surface area contributed by atoms with Crippen LogP contribution in [0.4, 0.5) is 0 Å². The van der Waals surface area contributed by atoms with Gasteiger partial charge in [0.1, 0.15) is 5.76 Å². The number of rotatable bonds is 8. The highest BCUT2D eigenvalue weighted by molar-refractivity contribution is 5.14. The Morgan fingerprint density at radius 2 is 2.19 bits per heavy atom. The number of unbranched alkanes of at least 4 members (excludes halogenated alkanes) is 1. The number of furan rings is 1. The molecule has 0 saturated carbocycles. The standard InChI is InChI=1S/C13H24N2O/c1-4-5-7-14-8-9-15(3)11-13-6-10-16-12(13)2/h6,10,14H,4-5,7-9,11H2,1-3H3. The summed E-state index contributed by atoms with van der Waals surface area (Å²) in [5.41, 5.74) is 1.29. The molecule has 1 aromatic heterocycles. The second-order valence-corrected chi connectivity index (χ2v) is 4.34. The van der Waals surface area contributed by atoms with Crippen LogP contribution >= 0.6 is 0 Å². The molecule has 0 unspecified atom stereocenters. The van der Waals surface area contributed by atoms with Gasteiger partial charge >= 0.3 is 0 Å². The predicted molar refractivity (Wildman–Crippen MR) is 67.6 cm³/mol. The Morgan fingerprint density at radius 1 is 1.38 bits per heavy atom. The number of hydrogen-bond donors (Lipinski definition) is 1. The molecule has 0 saturated heterocycles. The number of nitrogens with one attached hydrogen (secondary N) is 1. The smallest absolute Gasteiger partial charge is 0.105 e. The van der Waals surface area contributed by atoms with E-state index >= 15 is 0 Å². The molecule has 1 rings (SSSR count). The van der Waals surface area contributed by atoms with Crippen LogP contribution in [0.2, 0.25) is 0 Å². The lowest BCUT2D eigenvalue weighted by molar-refractivity contribution is 0.321. The molecular formula is C13H24N2O. The molecule has 16 heavy (non-hydrogen) atoms. The Kier molecular flexibility index (Phi) is 6.19. The first-order valence-corrected chi connectivity index (χ1v) is 6.16. The van der Waals surface area contributed by atoms with E-state index in [1.807, 2.05) is 6.92 Å². The van der Waals surface area contributed by atoms with Crippen molar-refractivity contribution in [1.82, 2.24) is 10.2 Å². The molecule has 1 heterocycles. The fraction of sp³-hybridized carbons (Fsp3) is 0.692. The van der Waals surface area contributed by atoms with E-state index in [2.05, 4.69) is 30.3 Å². The largest absolute Gasteiger partial charge is 0.469 e. The maximum Gasteiger partial charge on any atom is 0.105 e. The van der Waals surface area contributed by atoms with Crippen LogP contribution in [0.25, 0.3) is 0 Å².